The minimum Gasteiger partial charge on any atom is -0.487 e. The molecule has 0 bridgehead atoms. The van der Waals surface area contributed by atoms with Crippen LogP contribution in [0.25, 0.3) is 11.4 Å². The molecule has 1 atom stereocenters. The van der Waals surface area contributed by atoms with Gasteiger partial charge in [0.25, 0.3) is 0 Å². The second-order valence-electron chi connectivity index (χ2n) is 8.68. The van der Waals surface area contributed by atoms with Crippen LogP contribution in [0.1, 0.15) is 83.1 Å². The van der Waals surface area contributed by atoms with Gasteiger partial charge in [0.15, 0.2) is 17.4 Å². The topological polar surface area (TPSA) is 44.2 Å². The molecule has 0 saturated heterocycles. The summed E-state index contributed by atoms with van der Waals surface area (Å²) in [5.74, 6) is 0.00389. The molecule has 0 radical (unpaired) electrons. The summed E-state index contributed by atoms with van der Waals surface area (Å²) in [6, 6.07) is 4.58. The molecule has 33 heavy (non-hydrogen) atoms. The van der Waals surface area contributed by atoms with Crippen LogP contribution >= 0.6 is 0 Å². The number of halogens is 2. The molecule has 1 aromatic carbocycles. The second kappa shape index (κ2) is 16.5. The first-order chi connectivity index (χ1) is 16.1. The lowest BCUT2D eigenvalue weighted by Gasteiger charge is -2.12. The van der Waals surface area contributed by atoms with Crippen molar-refractivity contribution in [1.29, 1.82) is 0 Å². The number of alkyl halides is 1. The van der Waals surface area contributed by atoms with E-state index in [9.17, 15) is 8.78 Å². The number of aromatic nitrogens is 2. The minimum atomic E-state index is -1.10. The van der Waals surface area contributed by atoms with Gasteiger partial charge in [-0.3, -0.25) is 0 Å². The molecule has 4 nitrogen and oxygen atoms in total. The van der Waals surface area contributed by atoms with E-state index in [1.54, 1.807) is 13.2 Å². The Morgan fingerprint density at radius 1 is 0.909 bits per heavy atom. The molecule has 1 aromatic heterocycles. The summed E-state index contributed by atoms with van der Waals surface area (Å²) >= 11 is 0. The van der Waals surface area contributed by atoms with Gasteiger partial charge in [0.1, 0.15) is 12.8 Å². The van der Waals surface area contributed by atoms with Gasteiger partial charge in [0, 0.05) is 31.7 Å². The van der Waals surface area contributed by atoms with Crippen molar-refractivity contribution >= 4 is 0 Å². The van der Waals surface area contributed by atoms with E-state index in [1.807, 2.05) is 12.4 Å². The number of ether oxygens (including phenoxy) is 2. The van der Waals surface area contributed by atoms with Gasteiger partial charge < -0.3 is 9.47 Å². The molecule has 0 saturated carbocycles. The van der Waals surface area contributed by atoms with E-state index in [1.165, 1.54) is 44.2 Å². The van der Waals surface area contributed by atoms with Gasteiger partial charge in [0.2, 0.25) is 0 Å². The van der Waals surface area contributed by atoms with Crippen molar-refractivity contribution in [2.45, 2.75) is 90.1 Å². The van der Waals surface area contributed by atoms with Gasteiger partial charge in [0.05, 0.1) is 0 Å². The van der Waals surface area contributed by atoms with Crippen LogP contribution in [-0.2, 0) is 11.2 Å². The third-order valence-corrected chi connectivity index (χ3v) is 5.75. The Hall–Kier alpha value is -2.08. The summed E-state index contributed by atoms with van der Waals surface area (Å²) in [6.45, 7) is 2.82. The van der Waals surface area contributed by atoms with Crippen LogP contribution in [0.2, 0.25) is 0 Å². The van der Waals surface area contributed by atoms with Crippen LogP contribution in [0.3, 0.4) is 0 Å². The van der Waals surface area contributed by atoms with Gasteiger partial charge in [-0.25, -0.2) is 18.7 Å². The Balaban J connectivity index is 1.74. The van der Waals surface area contributed by atoms with E-state index < -0.39 is 12.0 Å². The average Bonchev–Trinajstić information content (AvgIpc) is 2.83. The van der Waals surface area contributed by atoms with E-state index in [0.29, 0.717) is 17.8 Å². The smallest absolute Gasteiger partial charge is 0.165 e. The SMILES string of the molecule is CCCCCCCCc1cnc(-c2ccc(OCC(F)CCCCCCOC)c(F)c2)nc1. The Morgan fingerprint density at radius 3 is 2.33 bits per heavy atom. The number of hydrogen-bond donors (Lipinski definition) is 0. The van der Waals surface area contributed by atoms with Crippen molar-refractivity contribution in [2.24, 2.45) is 0 Å². The van der Waals surface area contributed by atoms with Gasteiger partial charge in [-0.1, -0.05) is 58.3 Å². The highest BCUT2D eigenvalue weighted by Gasteiger charge is 2.12. The lowest BCUT2D eigenvalue weighted by Crippen LogP contribution is -2.13. The zero-order chi connectivity index (χ0) is 23.7. The van der Waals surface area contributed by atoms with Gasteiger partial charge in [-0.15, -0.1) is 0 Å². The number of unbranched alkanes of at least 4 members (excludes halogenated alkanes) is 8. The van der Waals surface area contributed by atoms with Crippen molar-refractivity contribution < 1.29 is 18.3 Å². The molecule has 1 heterocycles. The van der Waals surface area contributed by atoms with E-state index >= 15 is 0 Å². The number of aryl methyl sites for hydroxylation is 1. The summed E-state index contributed by atoms with van der Waals surface area (Å²) in [6.07, 6.45) is 15.2. The molecule has 0 aliphatic carbocycles. The number of methoxy groups -OCH3 is 1. The molecule has 0 amide bonds. The van der Waals surface area contributed by atoms with Crippen LogP contribution in [0.4, 0.5) is 8.78 Å². The maximum absolute atomic E-state index is 14.5. The summed E-state index contributed by atoms with van der Waals surface area (Å²) in [7, 11) is 1.68. The van der Waals surface area contributed by atoms with Crippen LogP contribution in [0.15, 0.2) is 30.6 Å². The van der Waals surface area contributed by atoms with Crippen molar-refractivity contribution in [3.63, 3.8) is 0 Å². The average molecular weight is 463 g/mol. The number of benzene rings is 1. The maximum atomic E-state index is 14.5. The predicted octanol–water partition coefficient (Wildman–Crippen LogP) is 7.50. The van der Waals surface area contributed by atoms with E-state index in [-0.39, 0.29) is 12.4 Å². The monoisotopic (exact) mass is 462 g/mol. The van der Waals surface area contributed by atoms with Crippen LogP contribution in [0.5, 0.6) is 5.75 Å². The quantitative estimate of drug-likeness (QED) is 0.215. The second-order valence-corrected chi connectivity index (χ2v) is 8.68. The first-order valence-electron chi connectivity index (χ1n) is 12.5. The Kier molecular flexibility index (Phi) is 13.6. The van der Waals surface area contributed by atoms with Gasteiger partial charge in [-0.05, 0) is 49.4 Å². The van der Waals surface area contributed by atoms with Crippen molar-refractivity contribution in [3.8, 4) is 17.1 Å². The normalized spacial score (nSPS) is 12.1. The summed E-state index contributed by atoms with van der Waals surface area (Å²) < 4.78 is 38.9. The predicted molar refractivity (Wildman–Crippen MR) is 130 cm³/mol. The third kappa shape index (κ3) is 11.1. The molecule has 0 aliphatic rings. The molecule has 0 N–H and O–H groups in total. The van der Waals surface area contributed by atoms with Gasteiger partial charge >= 0.3 is 0 Å². The highest BCUT2D eigenvalue weighted by atomic mass is 19.1. The van der Waals surface area contributed by atoms with Crippen LogP contribution < -0.4 is 4.74 Å². The molecule has 0 fully saturated rings. The molecule has 184 valence electrons. The Bertz CT molecular complexity index is 771. The van der Waals surface area contributed by atoms with Crippen LogP contribution in [-0.4, -0.2) is 36.5 Å². The molecule has 1 unspecified atom stereocenters. The van der Waals surface area contributed by atoms with E-state index in [2.05, 4.69) is 16.9 Å². The van der Waals surface area contributed by atoms with E-state index in [0.717, 1.165) is 50.7 Å². The van der Waals surface area contributed by atoms with Gasteiger partial charge in [-0.2, -0.15) is 0 Å². The van der Waals surface area contributed by atoms with Crippen molar-refractivity contribution in [1.82, 2.24) is 9.97 Å². The highest BCUT2D eigenvalue weighted by Crippen LogP contribution is 2.24. The fourth-order valence-electron chi connectivity index (χ4n) is 3.73. The zero-order valence-corrected chi connectivity index (χ0v) is 20.3. The fourth-order valence-corrected chi connectivity index (χ4v) is 3.73. The fraction of sp³-hybridized carbons (Fsp3) is 0.630. The first-order valence-corrected chi connectivity index (χ1v) is 12.5. The Morgan fingerprint density at radius 2 is 1.61 bits per heavy atom. The highest BCUT2D eigenvalue weighted by molar-refractivity contribution is 5.56. The molecule has 2 aromatic rings. The largest absolute Gasteiger partial charge is 0.487 e. The zero-order valence-electron chi connectivity index (χ0n) is 20.3. The Labute approximate surface area is 198 Å². The number of hydrogen-bond acceptors (Lipinski definition) is 4. The number of nitrogens with zero attached hydrogens (tertiary/aromatic N) is 2. The minimum absolute atomic E-state index is 0.0567. The first kappa shape index (κ1) is 27.2. The summed E-state index contributed by atoms with van der Waals surface area (Å²) in [5.41, 5.74) is 1.68. The maximum Gasteiger partial charge on any atom is 0.165 e. The van der Waals surface area contributed by atoms with E-state index in [4.69, 9.17) is 9.47 Å². The number of rotatable bonds is 18. The van der Waals surface area contributed by atoms with Crippen LogP contribution in [0, 0.1) is 5.82 Å². The molecular formula is C27H40F2N2O2. The van der Waals surface area contributed by atoms with Crippen molar-refractivity contribution in [2.75, 3.05) is 20.3 Å². The molecular weight excluding hydrogens is 422 g/mol. The summed E-state index contributed by atoms with van der Waals surface area (Å²) in [5, 5.41) is 0. The standard InChI is InChI=1S/C27H40F2N2O2/c1-3-4-5-6-7-10-13-22-19-30-27(31-20-22)23-15-16-26(25(29)18-23)33-21-24(28)14-11-8-9-12-17-32-2/h15-16,18-20,24H,3-14,17,21H2,1-2H3. The lowest BCUT2D eigenvalue weighted by molar-refractivity contribution is 0.176. The molecule has 0 aliphatic heterocycles. The molecule has 0 spiro atoms. The molecule has 6 heteroatoms. The summed E-state index contributed by atoms with van der Waals surface area (Å²) in [4.78, 5) is 8.79. The van der Waals surface area contributed by atoms with Crippen molar-refractivity contribution in [3.05, 3.63) is 42.0 Å². The third-order valence-electron chi connectivity index (χ3n) is 5.75. The molecule has 2 rings (SSSR count). The lowest BCUT2D eigenvalue weighted by atomic mass is 10.1.